The van der Waals surface area contributed by atoms with Crippen LogP contribution in [0.3, 0.4) is 0 Å². The largest absolute Gasteiger partial charge is 0.459 e. The normalized spacial score (nSPS) is 10.8. The Kier molecular flexibility index (Phi) is 5.40. The lowest BCUT2D eigenvalue weighted by Gasteiger charge is -2.20. The molecule has 0 atom stereocenters. The highest BCUT2D eigenvalue weighted by Gasteiger charge is 2.20. The highest BCUT2D eigenvalue weighted by atomic mass is 35.5. The molecule has 0 spiro atoms. The van der Waals surface area contributed by atoms with Crippen LogP contribution in [0.15, 0.2) is 45.4 Å². The number of halogens is 2. The molecular formula is C17H15Cl2N3O3. The summed E-state index contributed by atoms with van der Waals surface area (Å²) in [6, 6.07) is 8.20. The molecule has 0 saturated heterocycles. The maximum Gasteiger partial charge on any atom is 0.283 e. The Morgan fingerprint density at radius 3 is 2.60 bits per heavy atom. The number of carbonyl (C=O) groups is 1. The van der Waals surface area contributed by atoms with Gasteiger partial charge in [-0.1, -0.05) is 30.1 Å². The van der Waals surface area contributed by atoms with Gasteiger partial charge in [0.1, 0.15) is 0 Å². The lowest BCUT2D eigenvalue weighted by molar-refractivity contribution is 0.0728. The minimum absolute atomic E-state index is 0.185. The summed E-state index contributed by atoms with van der Waals surface area (Å²) >= 11 is 12.0. The van der Waals surface area contributed by atoms with E-state index in [9.17, 15) is 4.79 Å². The first-order valence-electron chi connectivity index (χ1n) is 7.68. The third kappa shape index (κ3) is 4.21. The summed E-state index contributed by atoms with van der Waals surface area (Å²) in [6.07, 6.45) is 2.30. The van der Waals surface area contributed by atoms with E-state index in [4.69, 9.17) is 32.0 Å². The smallest absolute Gasteiger partial charge is 0.283 e. The predicted molar refractivity (Wildman–Crippen MR) is 93.5 cm³/mol. The van der Waals surface area contributed by atoms with Gasteiger partial charge in [0.25, 0.3) is 11.8 Å². The molecule has 130 valence electrons. The topological polar surface area (TPSA) is 72.4 Å². The fourth-order valence-electron chi connectivity index (χ4n) is 2.36. The fourth-order valence-corrected chi connectivity index (χ4v) is 2.89. The van der Waals surface area contributed by atoms with Gasteiger partial charge in [-0.05, 0) is 36.8 Å². The summed E-state index contributed by atoms with van der Waals surface area (Å²) < 4.78 is 10.8. The molecule has 25 heavy (non-hydrogen) atoms. The van der Waals surface area contributed by atoms with Crippen LogP contribution in [0.4, 0.5) is 0 Å². The molecule has 2 aromatic heterocycles. The van der Waals surface area contributed by atoms with E-state index in [1.54, 1.807) is 35.2 Å². The van der Waals surface area contributed by atoms with Crippen molar-refractivity contribution in [2.24, 2.45) is 0 Å². The maximum atomic E-state index is 12.8. The fraction of sp³-hybridized carbons (Fsp3) is 0.235. The van der Waals surface area contributed by atoms with E-state index in [2.05, 4.69) is 10.2 Å². The minimum Gasteiger partial charge on any atom is -0.459 e. The zero-order chi connectivity index (χ0) is 17.8. The summed E-state index contributed by atoms with van der Waals surface area (Å²) in [6.45, 7) is 2.69. The molecule has 3 rings (SSSR count). The molecule has 0 bridgehead atoms. The lowest BCUT2D eigenvalue weighted by atomic mass is 10.2. The van der Waals surface area contributed by atoms with Crippen molar-refractivity contribution in [3.63, 3.8) is 0 Å². The van der Waals surface area contributed by atoms with Gasteiger partial charge in [-0.15, -0.1) is 10.2 Å². The molecule has 3 aromatic rings. The average molecular weight is 380 g/mol. The Morgan fingerprint density at radius 1 is 1.20 bits per heavy atom. The predicted octanol–water partition coefficient (Wildman–Crippen LogP) is 4.69. The van der Waals surface area contributed by atoms with E-state index in [1.807, 2.05) is 6.92 Å². The van der Waals surface area contributed by atoms with E-state index >= 15 is 0 Å². The van der Waals surface area contributed by atoms with Crippen LogP contribution in [0, 0.1) is 0 Å². The van der Waals surface area contributed by atoms with Crippen LogP contribution in [0.2, 0.25) is 10.0 Å². The van der Waals surface area contributed by atoms with Gasteiger partial charge in [-0.25, -0.2) is 0 Å². The van der Waals surface area contributed by atoms with Crippen molar-refractivity contribution in [2.45, 2.75) is 19.9 Å². The zero-order valence-electron chi connectivity index (χ0n) is 13.4. The van der Waals surface area contributed by atoms with Crippen LogP contribution >= 0.6 is 23.2 Å². The van der Waals surface area contributed by atoms with Crippen LogP contribution in [-0.2, 0) is 6.54 Å². The van der Waals surface area contributed by atoms with Gasteiger partial charge >= 0.3 is 0 Å². The van der Waals surface area contributed by atoms with E-state index < -0.39 is 0 Å². The van der Waals surface area contributed by atoms with Gasteiger partial charge in [-0.3, -0.25) is 4.79 Å². The van der Waals surface area contributed by atoms with E-state index in [-0.39, 0.29) is 18.3 Å². The number of nitrogens with zero attached hydrogens (tertiary/aromatic N) is 3. The lowest BCUT2D eigenvalue weighted by Crippen LogP contribution is -2.31. The molecule has 0 aliphatic rings. The molecular weight excluding hydrogens is 365 g/mol. The van der Waals surface area contributed by atoms with Crippen molar-refractivity contribution in [2.75, 3.05) is 6.54 Å². The van der Waals surface area contributed by atoms with Gasteiger partial charge in [0, 0.05) is 22.2 Å². The van der Waals surface area contributed by atoms with E-state index in [0.29, 0.717) is 33.8 Å². The van der Waals surface area contributed by atoms with Crippen LogP contribution in [-0.4, -0.2) is 27.5 Å². The van der Waals surface area contributed by atoms with Gasteiger partial charge in [0.2, 0.25) is 5.89 Å². The van der Waals surface area contributed by atoms with Crippen LogP contribution in [0.1, 0.15) is 29.6 Å². The number of hydrogen-bond acceptors (Lipinski definition) is 5. The van der Waals surface area contributed by atoms with Crippen LogP contribution in [0.25, 0.3) is 11.7 Å². The molecule has 0 saturated carbocycles. The van der Waals surface area contributed by atoms with Crippen molar-refractivity contribution in [3.8, 4) is 11.7 Å². The third-order valence-corrected chi connectivity index (χ3v) is 3.85. The molecule has 1 amide bonds. The molecule has 0 unspecified atom stereocenters. The third-order valence-electron chi connectivity index (χ3n) is 3.42. The maximum absolute atomic E-state index is 12.8. The van der Waals surface area contributed by atoms with E-state index in [1.165, 1.54) is 6.26 Å². The number of furan rings is 1. The Balaban J connectivity index is 1.80. The summed E-state index contributed by atoms with van der Waals surface area (Å²) in [7, 11) is 0. The summed E-state index contributed by atoms with van der Waals surface area (Å²) in [5.41, 5.74) is 0.414. The van der Waals surface area contributed by atoms with Gasteiger partial charge in [0.15, 0.2) is 5.76 Å². The Morgan fingerprint density at radius 2 is 1.96 bits per heavy atom. The molecule has 0 aliphatic heterocycles. The first-order chi connectivity index (χ1) is 12.1. The van der Waals surface area contributed by atoms with Crippen molar-refractivity contribution < 1.29 is 13.6 Å². The number of amides is 1. The second-order valence-corrected chi connectivity index (χ2v) is 6.24. The SMILES string of the molecule is CCCN(Cc1nnc(-c2ccco2)o1)C(=O)c1cc(Cl)cc(Cl)c1. The Bertz CT molecular complexity index is 842. The summed E-state index contributed by atoms with van der Waals surface area (Å²) in [4.78, 5) is 14.4. The highest BCUT2D eigenvalue weighted by molar-refractivity contribution is 6.35. The minimum atomic E-state index is -0.205. The monoisotopic (exact) mass is 379 g/mol. The first kappa shape index (κ1) is 17.5. The Hall–Kier alpha value is -2.31. The van der Waals surface area contributed by atoms with Crippen molar-refractivity contribution in [3.05, 3.63) is 58.1 Å². The molecule has 6 nitrogen and oxygen atoms in total. The molecule has 0 N–H and O–H groups in total. The molecule has 1 aromatic carbocycles. The van der Waals surface area contributed by atoms with Crippen LogP contribution < -0.4 is 0 Å². The van der Waals surface area contributed by atoms with Crippen molar-refractivity contribution >= 4 is 29.1 Å². The van der Waals surface area contributed by atoms with Crippen molar-refractivity contribution in [1.82, 2.24) is 15.1 Å². The molecule has 8 heteroatoms. The molecule has 0 radical (unpaired) electrons. The van der Waals surface area contributed by atoms with E-state index in [0.717, 1.165) is 6.42 Å². The second-order valence-electron chi connectivity index (χ2n) is 5.36. The second kappa shape index (κ2) is 7.72. The number of hydrogen-bond donors (Lipinski definition) is 0. The molecule has 0 fully saturated rings. The Labute approximate surface area is 154 Å². The molecule has 2 heterocycles. The number of rotatable bonds is 6. The van der Waals surface area contributed by atoms with Gasteiger partial charge < -0.3 is 13.7 Å². The number of aromatic nitrogens is 2. The standard InChI is InChI=1S/C17H15Cl2N3O3/c1-2-5-22(17(23)11-7-12(18)9-13(19)8-11)10-15-20-21-16(25-15)14-4-3-6-24-14/h3-4,6-9H,2,5,10H2,1H3. The summed E-state index contributed by atoms with van der Waals surface area (Å²) in [5, 5.41) is 8.74. The first-order valence-corrected chi connectivity index (χ1v) is 8.44. The van der Waals surface area contributed by atoms with Crippen LogP contribution in [0.5, 0.6) is 0 Å². The van der Waals surface area contributed by atoms with Gasteiger partial charge in [0.05, 0.1) is 12.8 Å². The zero-order valence-corrected chi connectivity index (χ0v) is 14.9. The summed E-state index contributed by atoms with van der Waals surface area (Å²) in [5.74, 6) is 0.869. The number of carbonyl (C=O) groups excluding carboxylic acids is 1. The van der Waals surface area contributed by atoms with Crippen molar-refractivity contribution in [1.29, 1.82) is 0 Å². The number of benzene rings is 1. The highest BCUT2D eigenvalue weighted by Crippen LogP contribution is 2.22. The molecule has 0 aliphatic carbocycles. The van der Waals surface area contributed by atoms with Gasteiger partial charge in [-0.2, -0.15) is 0 Å². The average Bonchev–Trinajstić information content (AvgIpc) is 3.24. The quantitative estimate of drug-likeness (QED) is 0.620.